The van der Waals surface area contributed by atoms with Gasteiger partial charge in [-0.2, -0.15) is 0 Å². The fourth-order valence-corrected chi connectivity index (χ4v) is 2.43. The Labute approximate surface area is 95.6 Å². The summed E-state index contributed by atoms with van der Waals surface area (Å²) in [5, 5.41) is 5.61. The molecule has 1 aliphatic heterocycles. The summed E-state index contributed by atoms with van der Waals surface area (Å²) in [6, 6.07) is 4.29. The van der Waals surface area contributed by atoms with Crippen molar-refractivity contribution in [1.82, 2.24) is 10.2 Å². The number of nitrogens with one attached hydrogen (secondary N) is 1. The smallest absolute Gasteiger partial charge is 0.0299 e. The third kappa shape index (κ3) is 3.78. The third-order valence-corrected chi connectivity index (χ3v) is 3.48. The van der Waals surface area contributed by atoms with E-state index in [2.05, 4.69) is 39.9 Å². The molecular weight excluding hydrogens is 204 g/mol. The van der Waals surface area contributed by atoms with Crippen LogP contribution in [0.15, 0.2) is 29.7 Å². The topological polar surface area (TPSA) is 15.3 Å². The molecule has 0 spiro atoms. The Morgan fingerprint density at radius 2 is 2.20 bits per heavy atom. The average molecular weight is 222 g/mol. The highest BCUT2D eigenvalue weighted by Crippen LogP contribution is 2.07. The molecule has 0 aromatic carbocycles. The van der Waals surface area contributed by atoms with Crippen LogP contribution in [-0.2, 0) is 6.54 Å². The quantitative estimate of drug-likeness (QED) is 0.586. The Kier molecular flexibility index (Phi) is 4.39. The zero-order chi connectivity index (χ0) is 10.3. The van der Waals surface area contributed by atoms with E-state index in [9.17, 15) is 0 Å². The van der Waals surface area contributed by atoms with Crippen molar-refractivity contribution in [2.24, 2.45) is 0 Å². The highest BCUT2D eigenvalue weighted by molar-refractivity contribution is 7.09. The van der Waals surface area contributed by atoms with Crippen LogP contribution in [-0.4, -0.2) is 31.1 Å². The van der Waals surface area contributed by atoms with Gasteiger partial charge in [0.15, 0.2) is 0 Å². The number of nitrogens with zero attached hydrogens (tertiary/aromatic N) is 1. The molecule has 0 radical (unpaired) electrons. The van der Waals surface area contributed by atoms with Crippen molar-refractivity contribution in [3.8, 4) is 0 Å². The van der Waals surface area contributed by atoms with Gasteiger partial charge in [0, 0.05) is 24.5 Å². The Morgan fingerprint density at radius 3 is 2.93 bits per heavy atom. The van der Waals surface area contributed by atoms with E-state index in [4.69, 9.17) is 0 Å². The van der Waals surface area contributed by atoms with Gasteiger partial charge in [0.05, 0.1) is 0 Å². The number of hydrogen-bond donors (Lipinski definition) is 1. The summed E-state index contributed by atoms with van der Waals surface area (Å²) in [7, 11) is 0. The van der Waals surface area contributed by atoms with Crippen LogP contribution in [0.4, 0.5) is 0 Å². The van der Waals surface area contributed by atoms with E-state index in [-0.39, 0.29) is 0 Å². The van der Waals surface area contributed by atoms with E-state index < -0.39 is 0 Å². The lowest BCUT2D eigenvalue weighted by atomic mass is 10.3. The predicted octanol–water partition coefficient (Wildman–Crippen LogP) is 2.10. The standard InChI is InChI=1S/C12H18N2S/c1-2-8-14(7-1)9-4-6-13-11-12-5-3-10-15-12/h1-3,5,10,13H,4,6-9,11H2. The highest BCUT2D eigenvalue weighted by Gasteiger charge is 2.04. The summed E-state index contributed by atoms with van der Waals surface area (Å²) >= 11 is 1.82. The molecule has 0 saturated carbocycles. The van der Waals surface area contributed by atoms with Gasteiger partial charge in [-0.15, -0.1) is 11.3 Å². The molecule has 1 aromatic heterocycles. The van der Waals surface area contributed by atoms with Crippen LogP contribution in [0.5, 0.6) is 0 Å². The molecule has 0 amide bonds. The van der Waals surface area contributed by atoms with E-state index in [0.717, 1.165) is 26.2 Å². The van der Waals surface area contributed by atoms with Gasteiger partial charge in [-0.1, -0.05) is 18.2 Å². The second kappa shape index (κ2) is 6.05. The predicted molar refractivity (Wildman–Crippen MR) is 66.2 cm³/mol. The Hall–Kier alpha value is -0.640. The van der Waals surface area contributed by atoms with E-state index >= 15 is 0 Å². The Morgan fingerprint density at radius 1 is 1.33 bits per heavy atom. The maximum absolute atomic E-state index is 3.48. The van der Waals surface area contributed by atoms with Crippen LogP contribution in [0.2, 0.25) is 0 Å². The van der Waals surface area contributed by atoms with E-state index in [1.165, 1.54) is 17.8 Å². The summed E-state index contributed by atoms with van der Waals surface area (Å²) in [6.45, 7) is 5.64. The summed E-state index contributed by atoms with van der Waals surface area (Å²) in [4.78, 5) is 3.89. The van der Waals surface area contributed by atoms with Crippen molar-refractivity contribution in [3.05, 3.63) is 34.5 Å². The third-order valence-electron chi connectivity index (χ3n) is 2.60. The molecule has 3 heteroatoms. The van der Waals surface area contributed by atoms with E-state index in [1.807, 2.05) is 11.3 Å². The average Bonchev–Trinajstić information content (AvgIpc) is 2.88. The SMILES string of the molecule is C1=CCN(CCCNCc2cccs2)C1. The first-order valence-electron chi connectivity index (χ1n) is 5.55. The number of thiophene rings is 1. The molecule has 1 N–H and O–H groups in total. The molecule has 2 nitrogen and oxygen atoms in total. The second-order valence-corrected chi connectivity index (χ2v) is 4.87. The van der Waals surface area contributed by atoms with Crippen molar-refractivity contribution < 1.29 is 0 Å². The van der Waals surface area contributed by atoms with Gasteiger partial charge in [0.2, 0.25) is 0 Å². The minimum Gasteiger partial charge on any atom is -0.312 e. The molecule has 82 valence electrons. The first kappa shape index (κ1) is 10.9. The van der Waals surface area contributed by atoms with Gasteiger partial charge in [0.1, 0.15) is 0 Å². The molecule has 2 heterocycles. The molecule has 0 bridgehead atoms. The van der Waals surface area contributed by atoms with Crippen molar-refractivity contribution in [1.29, 1.82) is 0 Å². The van der Waals surface area contributed by atoms with Crippen LogP contribution in [0, 0.1) is 0 Å². The van der Waals surface area contributed by atoms with Crippen LogP contribution >= 0.6 is 11.3 Å². The van der Waals surface area contributed by atoms with Gasteiger partial charge < -0.3 is 5.32 Å². The van der Waals surface area contributed by atoms with Gasteiger partial charge in [-0.25, -0.2) is 0 Å². The molecule has 0 fully saturated rings. The maximum Gasteiger partial charge on any atom is 0.0299 e. The molecular formula is C12H18N2S. The van der Waals surface area contributed by atoms with Crippen molar-refractivity contribution in [3.63, 3.8) is 0 Å². The van der Waals surface area contributed by atoms with Crippen LogP contribution in [0.3, 0.4) is 0 Å². The van der Waals surface area contributed by atoms with Gasteiger partial charge in [-0.3, -0.25) is 4.90 Å². The number of rotatable bonds is 6. The lowest BCUT2D eigenvalue weighted by molar-refractivity contribution is 0.344. The lowest BCUT2D eigenvalue weighted by Crippen LogP contribution is -2.25. The summed E-state index contributed by atoms with van der Waals surface area (Å²) in [5.41, 5.74) is 0. The van der Waals surface area contributed by atoms with Crippen LogP contribution < -0.4 is 5.32 Å². The fourth-order valence-electron chi connectivity index (χ4n) is 1.76. The zero-order valence-electron chi connectivity index (χ0n) is 8.98. The van der Waals surface area contributed by atoms with Crippen LogP contribution in [0.25, 0.3) is 0 Å². The molecule has 0 aliphatic carbocycles. The maximum atomic E-state index is 3.48. The van der Waals surface area contributed by atoms with Crippen molar-refractivity contribution >= 4 is 11.3 Å². The van der Waals surface area contributed by atoms with Gasteiger partial charge in [0.25, 0.3) is 0 Å². The highest BCUT2D eigenvalue weighted by atomic mass is 32.1. The van der Waals surface area contributed by atoms with E-state index in [0.29, 0.717) is 0 Å². The number of hydrogen-bond acceptors (Lipinski definition) is 3. The van der Waals surface area contributed by atoms with Gasteiger partial charge in [-0.05, 0) is 31.0 Å². The normalized spacial score (nSPS) is 16.3. The minimum atomic E-state index is 1.02. The van der Waals surface area contributed by atoms with Gasteiger partial charge >= 0.3 is 0 Å². The Bertz CT molecular complexity index is 285. The molecule has 15 heavy (non-hydrogen) atoms. The molecule has 0 atom stereocenters. The Balaban J connectivity index is 1.48. The van der Waals surface area contributed by atoms with Crippen molar-refractivity contribution in [2.45, 2.75) is 13.0 Å². The summed E-state index contributed by atoms with van der Waals surface area (Å²) in [5.74, 6) is 0. The summed E-state index contributed by atoms with van der Waals surface area (Å²) < 4.78 is 0. The largest absolute Gasteiger partial charge is 0.312 e. The second-order valence-electron chi connectivity index (χ2n) is 3.84. The zero-order valence-corrected chi connectivity index (χ0v) is 9.80. The molecule has 0 unspecified atom stereocenters. The first-order chi connectivity index (χ1) is 7.45. The monoisotopic (exact) mass is 222 g/mol. The molecule has 1 aromatic rings. The minimum absolute atomic E-state index is 1.02. The molecule has 2 rings (SSSR count). The summed E-state index contributed by atoms with van der Waals surface area (Å²) in [6.07, 6.45) is 5.74. The fraction of sp³-hybridized carbons (Fsp3) is 0.500. The lowest BCUT2D eigenvalue weighted by Gasteiger charge is -2.14. The first-order valence-corrected chi connectivity index (χ1v) is 6.43. The molecule has 0 saturated heterocycles. The molecule has 1 aliphatic rings. The van der Waals surface area contributed by atoms with Crippen molar-refractivity contribution in [2.75, 3.05) is 26.2 Å². The van der Waals surface area contributed by atoms with Crippen LogP contribution in [0.1, 0.15) is 11.3 Å². The van der Waals surface area contributed by atoms with E-state index in [1.54, 1.807) is 0 Å².